The van der Waals surface area contributed by atoms with Crippen molar-refractivity contribution in [2.45, 2.75) is 18.9 Å². The second-order valence-electron chi connectivity index (χ2n) is 4.20. The van der Waals surface area contributed by atoms with Crippen LogP contribution in [0.2, 0.25) is 0 Å². The Morgan fingerprint density at radius 2 is 2.44 bits per heavy atom. The normalized spacial score (nSPS) is 18.4. The van der Waals surface area contributed by atoms with Gasteiger partial charge >= 0.3 is 0 Å². The van der Waals surface area contributed by atoms with Crippen molar-refractivity contribution >= 4 is 23.0 Å². The molecule has 1 aromatic rings. The van der Waals surface area contributed by atoms with Crippen molar-refractivity contribution in [3.8, 4) is 5.75 Å². The van der Waals surface area contributed by atoms with Crippen LogP contribution in [0.1, 0.15) is 12.8 Å². The van der Waals surface area contributed by atoms with E-state index >= 15 is 0 Å². The molecule has 1 unspecified atom stereocenters. The molecular formula is C13H18N2O2S. The van der Waals surface area contributed by atoms with Crippen molar-refractivity contribution in [2.75, 3.05) is 25.6 Å². The van der Waals surface area contributed by atoms with Crippen molar-refractivity contribution in [1.29, 1.82) is 0 Å². The highest BCUT2D eigenvalue weighted by Gasteiger charge is 2.15. The van der Waals surface area contributed by atoms with E-state index in [9.17, 15) is 0 Å². The van der Waals surface area contributed by atoms with E-state index in [1.807, 2.05) is 24.3 Å². The molecule has 4 nitrogen and oxygen atoms in total. The highest BCUT2D eigenvalue weighted by molar-refractivity contribution is 7.80. The number of hydrogen-bond donors (Lipinski definition) is 2. The number of hydrogen-bond acceptors (Lipinski definition) is 3. The van der Waals surface area contributed by atoms with Gasteiger partial charge in [0.05, 0.1) is 13.2 Å². The standard InChI is InChI=1S/C13H18N2O2S/c1-16-11-5-2-4-10(8-11)15-13(18)14-9-12-6-3-7-17-12/h2,4-5,8,12H,3,6-7,9H2,1H3,(H2,14,15,18). The number of benzene rings is 1. The largest absolute Gasteiger partial charge is 0.497 e. The van der Waals surface area contributed by atoms with Crippen LogP contribution < -0.4 is 15.4 Å². The maximum absolute atomic E-state index is 5.52. The summed E-state index contributed by atoms with van der Waals surface area (Å²) in [5.74, 6) is 0.807. The van der Waals surface area contributed by atoms with Gasteiger partial charge in [-0.25, -0.2) is 0 Å². The van der Waals surface area contributed by atoms with Gasteiger partial charge in [-0.15, -0.1) is 0 Å². The Morgan fingerprint density at radius 1 is 1.56 bits per heavy atom. The lowest BCUT2D eigenvalue weighted by atomic mass is 10.2. The molecule has 1 heterocycles. The molecule has 0 saturated carbocycles. The van der Waals surface area contributed by atoms with Gasteiger partial charge in [-0.1, -0.05) is 6.07 Å². The molecule has 0 bridgehead atoms. The first-order valence-corrected chi connectivity index (χ1v) is 6.49. The molecule has 0 aliphatic carbocycles. The van der Waals surface area contributed by atoms with E-state index in [2.05, 4.69) is 10.6 Å². The average Bonchev–Trinajstić information content (AvgIpc) is 2.90. The molecule has 1 aromatic carbocycles. The fourth-order valence-corrected chi connectivity index (χ4v) is 2.09. The van der Waals surface area contributed by atoms with Gasteiger partial charge in [0.1, 0.15) is 5.75 Å². The van der Waals surface area contributed by atoms with Crippen LogP contribution in [0.3, 0.4) is 0 Å². The number of methoxy groups -OCH3 is 1. The van der Waals surface area contributed by atoms with E-state index in [4.69, 9.17) is 21.7 Å². The van der Waals surface area contributed by atoms with Crippen LogP contribution in [0.15, 0.2) is 24.3 Å². The number of anilines is 1. The molecule has 2 rings (SSSR count). The summed E-state index contributed by atoms with van der Waals surface area (Å²) in [4.78, 5) is 0. The minimum atomic E-state index is 0.287. The Labute approximate surface area is 113 Å². The summed E-state index contributed by atoms with van der Waals surface area (Å²) in [7, 11) is 1.65. The van der Waals surface area contributed by atoms with Crippen LogP contribution in [0, 0.1) is 0 Å². The van der Waals surface area contributed by atoms with E-state index in [-0.39, 0.29) is 6.10 Å². The lowest BCUT2D eigenvalue weighted by Crippen LogP contribution is -2.34. The third kappa shape index (κ3) is 3.85. The summed E-state index contributed by atoms with van der Waals surface area (Å²) in [5.41, 5.74) is 0.916. The molecule has 0 radical (unpaired) electrons. The van der Waals surface area contributed by atoms with E-state index < -0.39 is 0 Å². The molecule has 18 heavy (non-hydrogen) atoms. The summed E-state index contributed by atoms with van der Waals surface area (Å²) in [6.45, 7) is 1.62. The summed E-state index contributed by atoms with van der Waals surface area (Å²) in [6.07, 6.45) is 2.53. The van der Waals surface area contributed by atoms with Gasteiger partial charge in [0.25, 0.3) is 0 Å². The zero-order valence-corrected chi connectivity index (χ0v) is 11.3. The van der Waals surface area contributed by atoms with Gasteiger partial charge in [0.15, 0.2) is 5.11 Å². The van der Waals surface area contributed by atoms with E-state index in [1.165, 1.54) is 0 Å². The topological polar surface area (TPSA) is 42.5 Å². The highest BCUT2D eigenvalue weighted by Crippen LogP contribution is 2.16. The minimum absolute atomic E-state index is 0.287. The number of nitrogens with one attached hydrogen (secondary N) is 2. The van der Waals surface area contributed by atoms with Crippen LogP contribution in [0.4, 0.5) is 5.69 Å². The Bertz CT molecular complexity index is 406. The molecule has 0 amide bonds. The Morgan fingerprint density at radius 3 is 3.17 bits per heavy atom. The van der Waals surface area contributed by atoms with Crippen LogP contribution in [-0.2, 0) is 4.74 Å². The van der Waals surface area contributed by atoms with Gasteiger partial charge < -0.3 is 20.1 Å². The quantitative estimate of drug-likeness (QED) is 0.818. The SMILES string of the molecule is COc1cccc(NC(=S)NCC2CCCO2)c1. The lowest BCUT2D eigenvalue weighted by molar-refractivity contribution is 0.114. The molecule has 0 spiro atoms. The van der Waals surface area contributed by atoms with Gasteiger partial charge in [-0.3, -0.25) is 0 Å². The number of ether oxygens (including phenoxy) is 2. The zero-order chi connectivity index (χ0) is 12.8. The summed E-state index contributed by atoms with van der Waals surface area (Å²) in [5, 5.41) is 6.90. The van der Waals surface area contributed by atoms with Crippen LogP contribution in [0.25, 0.3) is 0 Å². The first-order chi connectivity index (χ1) is 8.78. The third-order valence-corrected chi connectivity index (χ3v) is 3.09. The van der Waals surface area contributed by atoms with Crippen molar-refractivity contribution in [3.63, 3.8) is 0 Å². The van der Waals surface area contributed by atoms with E-state index in [0.717, 1.165) is 37.4 Å². The molecule has 1 fully saturated rings. The van der Waals surface area contributed by atoms with Gasteiger partial charge in [0.2, 0.25) is 0 Å². The Balaban J connectivity index is 1.78. The van der Waals surface area contributed by atoms with Crippen molar-refractivity contribution in [2.24, 2.45) is 0 Å². The summed E-state index contributed by atoms with van der Waals surface area (Å²) < 4.78 is 10.7. The van der Waals surface area contributed by atoms with Gasteiger partial charge in [-0.05, 0) is 37.2 Å². The molecule has 0 aromatic heterocycles. The molecule has 2 N–H and O–H groups in total. The minimum Gasteiger partial charge on any atom is -0.497 e. The Kier molecular flexibility index (Phi) is 4.78. The smallest absolute Gasteiger partial charge is 0.170 e. The molecule has 1 aliphatic heterocycles. The maximum Gasteiger partial charge on any atom is 0.170 e. The Hall–Kier alpha value is -1.33. The van der Waals surface area contributed by atoms with E-state index in [0.29, 0.717) is 5.11 Å². The maximum atomic E-state index is 5.52. The number of rotatable bonds is 4. The van der Waals surface area contributed by atoms with Crippen molar-refractivity contribution in [3.05, 3.63) is 24.3 Å². The van der Waals surface area contributed by atoms with E-state index in [1.54, 1.807) is 7.11 Å². The summed E-state index contributed by atoms with van der Waals surface area (Å²) >= 11 is 5.23. The molecule has 1 atom stereocenters. The molecule has 98 valence electrons. The first kappa shape index (κ1) is 13.1. The molecule has 5 heteroatoms. The fourth-order valence-electron chi connectivity index (χ4n) is 1.89. The molecular weight excluding hydrogens is 248 g/mol. The predicted molar refractivity (Wildman–Crippen MR) is 76.2 cm³/mol. The summed E-state index contributed by atoms with van der Waals surface area (Å²) in [6, 6.07) is 7.67. The predicted octanol–water partition coefficient (Wildman–Crippen LogP) is 2.16. The van der Waals surface area contributed by atoms with Gasteiger partial charge in [0, 0.05) is 24.9 Å². The van der Waals surface area contributed by atoms with Crippen LogP contribution in [-0.4, -0.2) is 31.5 Å². The van der Waals surface area contributed by atoms with Crippen molar-refractivity contribution < 1.29 is 9.47 Å². The van der Waals surface area contributed by atoms with Crippen molar-refractivity contribution in [1.82, 2.24) is 5.32 Å². The number of thiocarbonyl (C=S) groups is 1. The van der Waals surface area contributed by atoms with Crippen LogP contribution in [0.5, 0.6) is 5.75 Å². The molecule has 1 saturated heterocycles. The third-order valence-electron chi connectivity index (χ3n) is 2.84. The van der Waals surface area contributed by atoms with Gasteiger partial charge in [-0.2, -0.15) is 0 Å². The second-order valence-corrected chi connectivity index (χ2v) is 4.61. The average molecular weight is 266 g/mol. The monoisotopic (exact) mass is 266 g/mol. The zero-order valence-electron chi connectivity index (χ0n) is 10.4. The second kappa shape index (κ2) is 6.56. The molecule has 1 aliphatic rings. The lowest BCUT2D eigenvalue weighted by Gasteiger charge is -2.14. The first-order valence-electron chi connectivity index (χ1n) is 6.08. The highest BCUT2D eigenvalue weighted by atomic mass is 32.1. The van der Waals surface area contributed by atoms with Crippen LogP contribution >= 0.6 is 12.2 Å². The fraction of sp³-hybridized carbons (Fsp3) is 0.462.